The molecule has 0 fully saturated rings. The molecular weight excluding hydrogens is 355 g/mol. The lowest BCUT2D eigenvalue weighted by molar-refractivity contribution is -0.384. The number of nitrogens with one attached hydrogen (secondary N) is 1. The predicted molar refractivity (Wildman–Crippen MR) is 84.4 cm³/mol. The van der Waals surface area contributed by atoms with E-state index in [1.54, 1.807) is 12.1 Å². The first-order valence-electron chi connectivity index (χ1n) is 5.88. The van der Waals surface area contributed by atoms with Crippen LogP contribution in [0, 0.1) is 13.7 Å². The summed E-state index contributed by atoms with van der Waals surface area (Å²) in [4.78, 5) is 10.6. The van der Waals surface area contributed by atoms with Crippen LogP contribution in [0.25, 0.3) is 0 Å². The highest BCUT2D eigenvalue weighted by molar-refractivity contribution is 14.1. The summed E-state index contributed by atoms with van der Waals surface area (Å²) in [6.07, 6.45) is 0.837. The fourth-order valence-corrected chi connectivity index (χ4v) is 2.27. The Labute approximate surface area is 125 Å². The van der Waals surface area contributed by atoms with Gasteiger partial charge in [-0.05, 0) is 46.7 Å². The van der Waals surface area contributed by atoms with E-state index >= 15 is 0 Å². The molecule has 0 amide bonds. The first-order chi connectivity index (χ1) is 9.16. The third-order valence-corrected chi connectivity index (χ3v) is 3.40. The number of nitro groups is 1. The molecule has 4 nitrogen and oxygen atoms in total. The molecule has 19 heavy (non-hydrogen) atoms. The number of anilines is 1. The third kappa shape index (κ3) is 3.92. The van der Waals surface area contributed by atoms with Crippen LogP contribution in [0.4, 0.5) is 11.4 Å². The van der Waals surface area contributed by atoms with Crippen LogP contribution in [0.3, 0.4) is 0 Å². The third-order valence-electron chi connectivity index (χ3n) is 2.73. The van der Waals surface area contributed by atoms with Gasteiger partial charge in [0.1, 0.15) is 5.69 Å². The molecule has 5 heteroatoms. The van der Waals surface area contributed by atoms with Crippen molar-refractivity contribution in [1.29, 1.82) is 0 Å². The van der Waals surface area contributed by atoms with Crippen molar-refractivity contribution in [2.75, 3.05) is 11.9 Å². The summed E-state index contributed by atoms with van der Waals surface area (Å²) in [5.74, 6) is 0. The normalized spacial score (nSPS) is 10.2. The topological polar surface area (TPSA) is 55.2 Å². The van der Waals surface area contributed by atoms with Crippen LogP contribution < -0.4 is 5.32 Å². The van der Waals surface area contributed by atoms with Crippen LogP contribution in [-0.4, -0.2) is 11.5 Å². The number of nitro benzene ring substituents is 1. The second kappa shape index (κ2) is 6.51. The molecule has 0 spiro atoms. The molecule has 0 bridgehead atoms. The maximum Gasteiger partial charge on any atom is 0.293 e. The van der Waals surface area contributed by atoms with Crippen molar-refractivity contribution in [1.82, 2.24) is 0 Å². The van der Waals surface area contributed by atoms with Gasteiger partial charge in [0.05, 0.1) is 4.92 Å². The number of halogens is 1. The van der Waals surface area contributed by atoms with Crippen molar-refractivity contribution < 1.29 is 4.92 Å². The first kappa shape index (κ1) is 13.8. The summed E-state index contributed by atoms with van der Waals surface area (Å²) in [7, 11) is 0. The van der Waals surface area contributed by atoms with Crippen molar-refractivity contribution in [2.24, 2.45) is 0 Å². The van der Waals surface area contributed by atoms with Gasteiger partial charge in [-0.3, -0.25) is 10.1 Å². The predicted octanol–water partition coefficient (Wildman–Crippen LogP) is 3.85. The Morgan fingerprint density at radius 2 is 1.89 bits per heavy atom. The van der Waals surface area contributed by atoms with Gasteiger partial charge in [-0.1, -0.05) is 30.3 Å². The number of hydrogen-bond acceptors (Lipinski definition) is 3. The van der Waals surface area contributed by atoms with E-state index in [4.69, 9.17) is 0 Å². The number of nitrogens with zero attached hydrogens (tertiary/aromatic N) is 1. The molecule has 0 radical (unpaired) electrons. The van der Waals surface area contributed by atoms with Crippen LogP contribution in [0.1, 0.15) is 5.56 Å². The van der Waals surface area contributed by atoms with Crippen LogP contribution in [0.15, 0.2) is 48.5 Å². The average molecular weight is 368 g/mol. The molecule has 0 heterocycles. The van der Waals surface area contributed by atoms with Crippen molar-refractivity contribution in [3.05, 3.63) is 67.8 Å². The molecular formula is C14H13IN2O2. The minimum Gasteiger partial charge on any atom is -0.379 e. The number of hydrogen-bond donors (Lipinski definition) is 1. The van der Waals surface area contributed by atoms with Gasteiger partial charge in [-0.2, -0.15) is 0 Å². The lowest BCUT2D eigenvalue weighted by atomic mass is 10.1. The zero-order valence-electron chi connectivity index (χ0n) is 10.2. The Morgan fingerprint density at radius 3 is 2.58 bits per heavy atom. The summed E-state index contributed by atoms with van der Waals surface area (Å²) in [6, 6.07) is 15.2. The summed E-state index contributed by atoms with van der Waals surface area (Å²) in [5, 5.41) is 14.1. The molecule has 0 atom stereocenters. The molecule has 0 unspecified atom stereocenters. The minimum atomic E-state index is -0.354. The Hall–Kier alpha value is -1.63. The average Bonchev–Trinajstić information content (AvgIpc) is 2.41. The molecule has 2 aromatic rings. The van der Waals surface area contributed by atoms with Crippen LogP contribution >= 0.6 is 22.6 Å². The zero-order valence-corrected chi connectivity index (χ0v) is 12.3. The van der Waals surface area contributed by atoms with Gasteiger partial charge in [-0.15, -0.1) is 0 Å². The standard InChI is InChI=1S/C14H13IN2O2/c15-12-6-7-13(14(10-12)17(18)19)16-9-8-11-4-2-1-3-5-11/h1-7,10,16H,8-9H2. The van der Waals surface area contributed by atoms with Gasteiger partial charge in [0.25, 0.3) is 5.69 Å². The lowest BCUT2D eigenvalue weighted by Gasteiger charge is -2.07. The van der Waals surface area contributed by atoms with E-state index in [9.17, 15) is 10.1 Å². The second-order valence-corrected chi connectivity index (χ2v) is 5.33. The Kier molecular flexibility index (Phi) is 4.73. The molecule has 0 aromatic heterocycles. The molecule has 0 aliphatic carbocycles. The number of benzene rings is 2. The highest BCUT2D eigenvalue weighted by Gasteiger charge is 2.13. The van der Waals surface area contributed by atoms with E-state index in [2.05, 4.69) is 27.9 Å². The van der Waals surface area contributed by atoms with Gasteiger partial charge in [0.2, 0.25) is 0 Å². The second-order valence-electron chi connectivity index (χ2n) is 4.08. The molecule has 0 saturated heterocycles. The van der Waals surface area contributed by atoms with E-state index in [1.165, 1.54) is 5.56 Å². The molecule has 1 N–H and O–H groups in total. The van der Waals surface area contributed by atoms with E-state index in [1.807, 2.05) is 36.4 Å². The monoisotopic (exact) mass is 368 g/mol. The van der Waals surface area contributed by atoms with E-state index < -0.39 is 0 Å². The van der Waals surface area contributed by atoms with Gasteiger partial charge < -0.3 is 5.32 Å². The SMILES string of the molecule is O=[N+]([O-])c1cc(I)ccc1NCCc1ccccc1. The molecule has 0 aliphatic rings. The zero-order chi connectivity index (χ0) is 13.7. The van der Waals surface area contributed by atoms with Gasteiger partial charge >= 0.3 is 0 Å². The lowest BCUT2D eigenvalue weighted by Crippen LogP contribution is -2.07. The highest BCUT2D eigenvalue weighted by Crippen LogP contribution is 2.26. The molecule has 0 saturated carbocycles. The highest BCUT2D eigenvalue weighted by atomic mass is 127. The quantitative estimate of drug-likeness (QED) is 0.496. The first-order valence-corrected chi connectivity index (χ1v) is 6.96. The molecule has 0 aliphatic heterocycles. The van der Waals surface area contributed by atoms with Crippen molar-refractivity contribution in [3.8, 4) is 0 Å². The summed E-state index contributed by atoms with van der Waals surface area (Å²) in [5.41, 5.74) is 1.91. The van der Waals surface area contributed by atoms with Gasteiger partial charge in [-0.25, -0.2) is 0 Å². The van der Waals surface area contributed by atoms with Gasteiger partial charge in [0, 0.05) is 16.2 Å². The maximum absolute atomic E-state index is 11.0. The summed E-state index contributed by atoms with van der Waals surface area (Å²) < 4.78 is 0.859. The summed E-state index contributed by atoms with van der Waals surface area (Å²) in [6.45, 7) is 0.672. The van der Waals surface area contributed by atoms with E-state index in [0.717, 1.165) is 9.99 Å². The fraction of sp³-hybridized carbons (Fsp3) is 0.143. The Morgan fingerprint density at radius 1 is 1.16 bits per heavy atom. The molecule has 2 rings (SSSR count). The maximum atomic E-state index is 11.0. The fourth-order valence-electron chi connectivity index (χ4n) is 1.79. The molecule has 2 aromatic carbocycles. The van der Waals surface area contributed by atoms with Crippen molar-refractivity contribution >= 4 is 34.0 Å². The van der Waals surface area contributed by atoms with Crippen molar-refractivity contribution in [2.45, 2.75) is 6.42 Å². The van der Waals surface area contributed by atoms with E-state index in [-0.39, 0.29) is 10.6 Å². The van der Waals surface area contributed by atoms with Crippen LogP contribution in [0.2, 0.25) is 0 Å². The largest absolute Gasteiger partial charge is 0.379 e. The minimum absolute atomic E-state index is 0.125. The van der Waals surface area contributed by atoms with Gasteiger partial charge in [0.15, 0.2) is 0 Å². The summed E-state index contributed by atoms with van der Waals surface area (Å²) >= 11 is 2.07. The van der Waals surface area contributed by atoms with Crippen LogP contribution in [0.5, 0.6) is 0 Å². The molecule has 98 valence electrons. The smallest absolute Gasteiger partial charge is 0.293 e. The van der Waals surface area contributed by atoms with Crippen LogP contribution in [-0.2, 0) is 6.42 Å². The van der Waals surface area contributed by atoms with E-state index in [0.29, 0.717) is 12.2 Å². The number of rotatable bonds is 5. The Balaban J connectivity index is 2.02. The van der Waals surface area contributed by atoms with Crippen molar-refractivity contribution in [3.63, 3.8) is 0 Å². The Bertz CT molecular complexity index is 573.